The molecular formula is C17H20F3N3O. The van der Waals surface area contributed by atoms with Crippen LogP contribution < -0.4 is 10.2 Å². The number of para-hydroxylation sites is 1. The van der Waals surface area contributed by atoms with Gasteiger partial charge in [0.15, 0.2) is 0 Å². The summed E-state index contributed by atoms with van der Waals surface area (Å²) in [6.07, 6.45) is -1.27. The normalized spacial score (nSPS) is 11.5. The fraction of sp³-hybridized carbons (Fsp3) is 0.412. The smallest absolute Gasteiger partial charge is 0.365 e. The number of benzene rings is 1. The maximum absolute atomic E-state index is 13.1. The van der Waals surface area contributed by atoms with Crippen LogP contribution in [0.5, 0.6) is 0 Å². The number of carbonyl (C=O) groups excluding carboxylic acids is 1. The van der Waals surface area contributed by atoms with Crippen molar-refractivity contribution < 1.29 is 18.0 Å². The molecule has 1 amide bonds. The fourth-order valence-electron chi connectivity index (χ4n) is 2.48. The van der Waals surface area contributed by atoms with Crippen LogP contribution in [-0.4, -0.2) is 31.0 Å². The Morgan fingerprint density at radius 1 is 1.29 bits per heavy atom. The van der Waals surface area contributed by atoms with E-state index in [4.69, 9.17) is 0 Å². The number of nitrogens with zero attached hydrogens (tertiary/aromatic N) is 2. The summed E-state index contributed by atoms with van der Waals surface area (Å²) in [7, 11) is 1.68. The van der Waals surface area contributed by atoms with Crippen molar-refractivity contribution in [1.82, 2.24) is 10.3 Å². The zero-order valence-corrected chi connectivity index (χ0v) is 13.7. The van der Waals surface area contributed by atoms with Gasteiger partial charge in [-0.3, -0.25) is 9.78 Å². The Morgan fingerprint density at radius 2 is 2.04 bits per heavy atom. The van der Waals surface area contributed by atoms with E-state index in [0.29, 0.717) is 17.6 Å². The first kappa shape index (κ1) is 18.0. The monoisotopic (exact) mass is 339 g/mol. The van der Waals surface area contributed by atoms with Gasteiger partial charge in [-0.25, -0.2) is 0 Å². The minimum Gasteiger partial charge on any atom is -0.365 e. The largest absolute Gasteiger partial charge is 0.418 e. The lowest BCUT2D eigenvalue weighted by atomic mass is 10.1. The molecule has 130 valence electrons. The van der Waals surface area contributed by atoms with E-state index in [1.54, 1.807) is 24.1 Å². The van der Waals surface area contributed by atoms with Crippen molar-refractivity contribution >= 4 is 22.5 Å². The van der Waals surface area contributed by atoms with Gasteiger partial charge in [-0.05, 0) is 18.6 Å². The summed E-state index contributed by atoms with van der Waals surface area (Å²) >= 11 is 0. The topological polar surface area (TPSA) is 45.2 Å². The molecule has 24 heavy (non-hydrogen) atoms. The summed E-state index contributed by atoms with van der Waals surface area (Å²) in [4.78, 5) is 17.4. The van der Waals surface area contributed by atoms with Gasteiger partial charge in [0.2, 0.25) is 5.91 Å². The molecule has 1 N–H and O–H groups in total. The lowest BCUT2D eigenvalue weighted by molar-refractivity contribution is -0.136. The number of likely N-dealkylation sites (N-methyl/N-ethyl adjacent to an activating group) is 1. The van der Waals surface area contributed by atoms with E-state index in [0.717, 1.165) is 18.9 Å². The van der Waals surface area contributed by atoms with Crippen LogP contribution in [0.2, 0.25) is 0 Å². The van der Waals surface area contributed by atoms with E-state index in [2.05, 4.69) is 10.3 Å². The number of fused-ring (bicyclic) bond motifs is 1. The van der Waals surface area contributed by atoms with Crippen molar-refractivity contribution in [3.63, 3.8) is 0 Å². The molecule has 0 saturated heterocycles. The number of amides is 1. The van der Waals surface area contributed by atoms with Crippen molar-refractivity contribution in [3.8, 4) is 0 Å². The second-order valence-corrected chi connectivity index (χ2v) is 5.59. The van der Waals surface area contributed by atoms with Crippen molar-refractivity contribution in [2.45, 2.75) is 25.9 Å². The van der Waals surface area contributed by atoms with Gasteiger partial charge in [-0.2, -0.15) is 13.2 Å². The average Bonchev–Trinajstić information content (AvgIpc) is 2.53. The van der Waals surface area contributed by atoms with Crippen LogP contribution in [0.3, 0.4) is 0 Å². The molecule has 0 saturated carbocycles. The first-order valence-corrected chi connectivity index (χ1v) is 7.77. The molecule has 0 spiro atoms. The van der Waals surface area contributed by atoms with Crippen molar-refractivity contribution in [2.75, 3.05) is 25.0 Å². The molecule has 0 aliphatic heterocycles. The quantitative estimate of drug-likeness (QED) is 0.818. The van der Waals surface area contributed by atoms with Crippen LogP contribution in [0.25, 0.3) is 10.9 Å². The molecule has 0 fully saturated rings. The van der Waals surface area contributed by atoms with E-state index in [1.165, 1.54) is 12.3 Å². The molecule has 0 unspecified atom stereocenters. The van der Waals surface area contributed by atoms with Crippen molar-refractivity contribution in [3.05, 3.63) is 36.0 Å². The lowest BCUT2D eigenvalue weighted by Gasteiger charge is -2.21. The molecule has 0 aliphatic carbocycles. The maximum Gasteiger partial charge on any atom is 0.418 e. The Labute approximate surface area is 138 Å². The third-order valence-corrected chi connectivity index (χ3v) is 3.70. The number of alkyl halides is 3. The highest BCUT2D eigenvalue weighted by Gasteiger charge is 2.33. The molecule has 0 radical (unpaired) electrons. The fourth-order valence-corrected chi connectivity index (χ4v) is 2.48. The third-order valence-electron chi connectivity index (χ3n) is 3.70. The number of hydrogen-bond donors (Lipinski definition) is 1. The average molecular weight is 339 g/mol. The number of pyridine rings is 1. The molecule has 4 nitrogen and oxygen atoms in total. The molecule has 2 rings (SSSR count). The summed E-state index contributed by atoms with van der Waals surface area (Å²) in [5.41, 5.74) is -0.347. The minimum atomic E-state index is -4.47. The van der Waals surface area contributed by atoms with Crippen molar-refractivity contribution in [1.29, 1.82) is 0 Å². The number of anilines is 1. The van der Waals surface area contributed by atoms with Crippen LogP contribution in [0.15, 0.2) is 30.5 Å². The minimum absolute atomic E-state index is 0.0685. The van der Waals surface area contributed by atoms with Gasteiger partial charge < -0.3 is 10.2 Å². The van der Waals surface area contributed by atoms with Crippen molar-refractivity contribution in [2.24, 2.45) is 0 Å². The molecule has 1 aromatic carbocycles. The van der Waals surface area contributed by atoms with Crippen LogP contribution in [0, 0.1) is 0 Å². The number of unbranched alkanes of at least 4 members (excludes halogenated alkanes) is 1. The van der Waals surface area contributed by atoms with E-state index in [-0.39, 0.29) is 18.0 Å². The Hall–Kier alpha value is -2.31. The first-order chi connectivity index (χ1) is 11.3. The Kier molecular flexibility index (Phi) is 5.64. The van der Waals surface area contributed by atoms with Gasteiger partial charge in [0.05, 0.1) is 17.6 Å². The van der Waals surface area contributed by atoms with Crippen LogP contribution >= 0.6 is 0 Å². The predicted molar refractivity (Wildman–Crippen MR) is 87.9 cm³/mol. The van der Waals surface area contributed by atoms with Gasteiger partial charge in [0.1, 0.15) is 0 Å². The highest BCUT2D eigenvalue weighted by Crippen LogP contribution is 2.36. The number of aromatic nitrogens is 1. The molecule has 0 bridgehead atoms. The molecule has 2 aromatic rings. The van der Waals surface area contributed by atoms with Gasteiger partial charge >= 0.3 is 6.18 Å². The Bertz CT molecular complexity index is 716. The first-order valence-electron chi connectivity index (χ1n) is 7.77. The SMILES string of the molecule is CCCCNC(=O)CN(C)c1ccnc2c(C(F)(F)F)cccc12. The summed E-state index contributed by atoms with van der Waals surface area (Å²) in [5, 5.41) is 3.16. The second-order valence-electron chi connectivity index (χ2n) is 5.59. The highest BCUT2D eigenvalue weighted by molar-refractivity contribution is 5.95. The van der Waals surface area contributed by atoms with Crippen LogP contribution in [0.4, 0.5) is 18.9 Å². The van der Waals surface area contributed by atoms with E-state index in [1.807, 2.05) is 6.92 Å². The lowest BCUT2D eigenvalue weighted by Crippen LogP contribution is -2.35. The number of rotatable bonds is 6. The third kappa shape index (κ3) is 4.15. The van der Waals surface area contributed by atoms with E-state index < -0.39 is 11.7 Å². The van der Waals surface area contributed by atoms with Crippen LogP contribution in [0.1, 0.15) is 25.3 Å². The standard InChI is InChI=1S/C17H20F3N3O/c1-3-4-9-21-15(24)11-23(2)14-8-10-22-16-12(14)6-5-7-13(16)17(18,19)20/h5-8,10H,3-4,9,11H2,1-2H3,(H,21,24). The van der Waals surface area contributed by atoms with E-state index >= 15 is 0 Å². The summed E-state index contributed by atoms with van der Waals surface area (Å²) < 4.78 is 39.3. The summed E-state index contributed by atoms with van der Waals surface area (Å²) in [5.74, 6) is -0.164. The highest BCUT2D eigenvalue weighted by atomic mass is 19.4. The summed E-state index contributed by atoms with van der Waals surface area (Å²) in [6, 6.07) is 5.56. The van der Waals surface area contributed by atoms with E-state index in [9.17, 15) is 18.0 Å². The second kappa shape index (κ2) is 7.51. The number of hydrogen-bond acceptors (Lipinski definition) is 3. The molecular weight excluding hydrogens is 319 g/mol. The zero-order chi connectivity index (χ0) is 17.7. The van der Waals surface area contributed by atoms with Crippen LogP contribution in [-0.2, 0) is 11.0 Å². The molecule has 7 heteroatoms. The van der Waals surface area contributed by atoms with Gasteiger partial charge in [0, 0.05) is 30.9 Å². The maximum atomic E-state index is 13.1. The van der Waals surface area contributed by atoms with Gasteiger partial charge in [-0.1, -0.05) is 25.5 Å². The Morgan fingerprint density at radius 3 is 2.71 bits per heavy atom. The number of halogens is 3. The molecule has 1 aromatic heterocycles. The predicted octanol–water partition coefficient (Wildman–Crippen LogP) is 3.61. The summed E-state index contributed by atoms with van der Waals surface area (Å²) in [6.45, 7) is 2.69. The molecule has 1 heterocycles. The molecule has 0 aliphatic rings. The zero-order valence-electron chi connectivity index (χ0n) is 13.7. The number of carbonyl (C=O) groups is 1. The molecule has 0 atom stereocenters. The Balaban J connectivity index is 2.28. The van der Waals surface area contributed by atoms with Gasteiger partial charge in [0.25, 0.3) is 0 Å². The van der Waals surface area contributed by atoms with Gasteiger partial charge in [-0.15, -0.1) is 0 Å². The number of nitrogens with one attached hydrogen (secondary N) is 1.